The van der Waals surface area contributed by atoms with Gasteiger partial charge in [0.25, 0.3) is 0 Å². The van der Waals surface area contributed by atoms with Gasteiger partial charge in [-0.2, -0.15) is 0 Å². The molecule has 1 unspecified atom stereocenters. The van der Waals surface area contributed by atoms with Crippen molar-refractivity contribution in [1.82, 2.24) is 10.3 Å². The van der Waals surface area contributed by atoms with Gasteiger partial charge in [-0.3, -0.25) is 16.2 Å². The Morgan fingerprint density at radius 3 is 2.24 bits per heavy atom. The molecule has 1 saturated heterocycles. The SMILES string of the molecule is COc1ccc(C(NN)C2(N3CCCC3)CCCC2)cc1. The van der Waals surface area contributed by atoms with E-state index in [2.05, 4.69) is 22.5 Å². The molecule has 0 bridgehead atoms. The normalized spacial score (nSPS) is 23.3. The number of likely N-dealkylation sites (tertiary alicyclic amines) is 1. The van der Waals surface area contributed by atoms with Crippen molar-refractivity contribution < 1.29 is 4.74 Å². The molecular weight excluding hydrogens is 262 g/mol. The third-order valence-electron chi connectivity index (χ3n) is 5.36. The van der Waals surface area contributed by atoms with E-state index < -0.39 is 0 Å². The van der Waals surface area contributed by atoms with Crippen molar-refractivity contribution in [2.45, 2.75) is 50.1 Å². The maximum atomic E-state index is 6.00. The van der Waals surface area contributed by atoms with Gasteiger partial charge >= 0.3 is 0 Å². The van der Waals surface area contributed by atoms with E-state index in [-0.39, 0.29) is 11.6 Å². The molecule has 0 aromatic heterocycles. The minimum absolute atomic E-state index is 0.194. The first-order valence-electron chi connectivity index (χ1n) is 8.15. The van der Waals surface area contributed by atoms with Crippen LogP contribution in [0.2, 0.25) is 0 Å². The highest BCUT2D eigenvalue weighted by Gasteiger charge is 2.46. The molecule has 4 heteroatoms. The van der Waals surface area contributed by atoms with Gasteiger partial charge in [-0.05, 0) is 56.5 Å². The lowest BCUT2D eigenvalue weighted by molar-refractivity contribution is 0.0764. The number of methoxy groups -OCH3 is 1. The van der Waals surface area contributed by atoms with Gasteiger partial charge in [-0.1, -0.05) is 25.0 Å². The molecule has 1 aromatic rings. The number of nitrogens with zero attached hydrogens (tertiary/aromatic N) is 1. The monoisotopic (exact) mass is 289 g/mol. The molecule has 3 rings (SSSR count). The van der Waals surface area contributed by atoms with Crippen molar-refractivity contribution in [1.29, 1.82) is 0 Å². The summed E-state index contributed by atoms with van der Waals surface area (Å²) in [5.41, 5.74) is 4.60. The second kappa shape index (κ2) is 6.34. The third kappa shape index (κ3) is 2.68. The lowest BCUT2D eigenvalue weighted by Gasteiger charge is -2.45. The molecule has 3 N–H and O–H groups in total. The number of nitrogens with two attached hydrogens (primary N) is 1. The third-order valence-corrected chi connectivity index (χ3v) is 5.36. The van der Waals surface area contributed by atoms with Crippen LogP contribution in [-0.4, -0.2) is 30.6 Å². The zero-order valence-corrected chi connectivity index (χ0v) is 13.0. The Bertz CT molecular complexity index is 448. The van der Waals surface area contributed by atoms with Crippen LogP contribution in [0.15, 0.2) is 24.3 Å². The number of hydrogen-bond acceptors (Lipinski definition) is 4. The molecule has 0 amide bonds. The van der Waals surface area contributed by atoms with Crippen LogP contribution >= 0.6 is 0 Å². The molecule has 2 fully saturated rings. The molecule has 2 aliphatic rings. The number of ether oxygens (including phenoxy) is 1. The van der Waals surface area contributed by atoms with Crippen molar-refractivity contribution in [3.63, 3.8) is 0 Å². The van der Waals surface area contributed by atoms with Gasteiger partial charge in [0.15, 0.2) is 0 Å². The number of rotatable bonds is 5. The number of hydrazine groups is 1. The Balaban J connectivity index is 1.90. The van der Waals surface area contributed by atoms with E-state index >= 15 is 0 Å². The smallest absolute Gasteiger partial charge is 0.118 e. The maximum absolute atomic E-state index is 6.00. The van der Waals surface area contributed by atoms with E-state index in [1.807, 2.05) is 12.1 Å². The quantitative estimate of drug-likeness (QED) is 0.646. The van der Waals surface area contributed by atoms with E-state index in [4.69, 9.17) is 10.6 Å². The van der Waals surface area contributed by atoms with E-state index in [9.17, 15) is 0 Å². The number of benzene rings is 1. The highest BCUT2D eigenvalue weighted by atomic mass is 16.5. The first-order chi connectivity index (χ1) is 10.3. The standard InChI is InChI=1S/C17H27N3O/c1-21-15-8-6-14(7-9-15)16(19-18)17(10-2-3-11-17)20-12-4-5-13-20/h6-9,16,19H,2-5,10-13,18H2,1H3. The lowest BCUT2D eigenvalue weighted by atomic mass is 9.82. The van der Waals surface area contributed by atoms with Gasteiger partial charge in [0.2, 0.25) is 0 Å². The molecule has 0 spiro atoms. The average Bonchev–Trinajstić information content (AvgIpc) is 3.21. The van der Waals surface area contributed by atoms with Crippen LogP contribution in [-0.2, 0) is 0 Å². The minimum atomic E-state index is 0.194. The summed E-state index contributed by atoms with van der Waals surface area (Å²) >= 11 is 0. The molecule has 4 nitrogen and oxygen atoms in total. The first kappa shape index (κ1) is 14.8. The predicted octanol–water partition coefficient (Wildman–Crippen LogP) is 2.61. The molecule has 21 heavy (non-hydrogen) atoms. The zero-order chi connectivity index (χ0) is 14.7. The topological polar surface area (TPSA) is 50.5 Å². The summed E-state index contributed by atoms with van der Waals surface area (Å²) in [6.45, 7) is 2.43. The highest BCUT2D eigenvalue weighted by Crippen LogP contribution is 2.45. The van der Waals surface area contributed by atoms with Gasteiger partial charge in [-0.15, -0.1) is 0 Å². The fourth-order valence-electron chi connectivity index (χ4n) is 4.30. The van der Waals surface area contributed by atoms with Crippen LogP contribution in [0.3, 0.4) is 0 Å². The molecule has 116 valence electrons. The van der Waals surface area contributed by atoms with Gasteiger partial charge in [-0.25, -0.2) is 0 Å². The summed E-state index contributed by atoms with van der Waals surface area (Å²) in [6, 6.07) is 8.57. The van der Waals surface area contributed by atoms with Crippen molar-refractivity contribution in [2.75, 3.05) is 20.2 Å². The number of nitrogens with one attached hydrogen (secondary N) is 1. The Morgan fingerprint density at radius 1 is 1.10 bits per heavy atom. The Hall–Kier alpha value is -1.10. The Labute approximate surface area is 127 Å². The number of hydrogen-bond donors (Lipinski definition) is 2. The van der Waals surface area contributed by atoms with E-state index in [1.165, 1.54) is 57.2 Å². The Kier molecular flexibility index (Phi) is 4.48. The van der Waals surface area contributed by atoms with Gasteiger partial charge in [0.1, 0.15) is 5.75 Å². The van der Waals surface area contributed by atoms with Crippen LogP contribution in [0, 0.1) is 0 Å². The fourth-order valence-corrected chi connectivity index (χ4v) is 4.30. The first-order valence-corrected chi connectivity index (χ1v) is 8.15. The molecule has 0 radical (unpaired) electrons. The Morgan fingerprint density at radius 2 is 1.71 bits per heavy atom. The molecule has 1 heterocycles. The maximum Gasteiger partial charge on any atom is 0.118 e. The zero-order valence-electron chi connectivity index (χ0n) is 13.0. The molecular formula is C17H27N3O. The van der Waals surface area contributed by atoms with Crippen molar-refractivity contribution in [3.05, 3.63) is 29.8 Å². The summed E-state index contributed by atoms with van der Waals surface area (Å²) in [5, 5.41) is 0. The molecule has 1 aliphatic heterocycles. The highest BCUT2D eigenvalue weighted by molar-refractivity contribution is 5.31. The summed E-state index contributed by atoms with van der Waals surface area (Å²) in [4.78, 5) is 2.69. The molecule has 1 atom stereocenters. The van der Waals surface area contributed by atoms with Crippen LogP contribution in [0.25, 0.3) is 0 Å². The minimum Gasteiger partial charge on any atom is -0.497 e. The summed E-state index contributed by atoms with van der Waals surface area (Å²) in [6.07, 6.45) is 7.75. The van der Waals surface area contributed by atoms with E-state index in [0.29, 0.717) is 0 Å². The lowest BCUT2D eigenvalue weighted by Crippen LogP contribution is -2.55. The van der Waals surface area contributed by atoms with Crippen LogP contribution in [0.5, 0.6) is 5.75 Å². The second-order valence-electron chi connectivity index (χ2n) is 6.38. The summed E-state index contributed by atoms with van der Waals surface area (Å²) in [5.74, 6) is 6.90. The summed E-state index contributed by atoms with van der Waals surface area (Å²) in [7, 11) is 1.70. The van der Waals surface area contributed by atoms with Gasteiger partial charge in [0.05, 0.1) is 13.2 Å². The van der Waals surface area contributed by atoms with E-state index in [0.717, 1.165) is 5.75 Å². The van der Waals surface area contributed by atoms with Crippen molar-refractivity contribution in [2.24, 2.45) is 5.84 Å². The fraction of sp³-hybridized carbons (Fsp3) is 0.647. The van der Waals surface area contributed by atoms with Crippen LogP contribution in [0.1, 0.15) is 50.1 Å². The van der Waals surface area contributed by atoms with Crippen molar-refractivity contribution in [3.8, 4) is 5.75 Å². The predicted molar refractivity (Wildman–Crippen MR) is 85.1 cm³/mol. The van der Waals surface area contributed by atoms with Crippen LogP contribution in [0.4, 0.5) is 0 Å². The van der Waals surface area contributed by atoms with Crippen LogP contribution < -0.4 is 16.0 Å². The molecule has 1 aromatic carbocycles. The average molecular weight is 289 g/mol. The molecule has 1 saturated carbocycles. The van der Waals surface area contributed by atoms with Gasteiger partial charge < -0.3 is 4.74 Å². The van der Waals surface area contributed by atoms with Crippen molar-refractivity contribution >= 4 is 0 Å². The summed E-state index contributed by atoms with van der Waals surface area (Å²) < 4.78 is 5.27. The van der Waals surface area contributed by atoms with Gasteiger partial charge in [0, 0.05) is 5.54 Å². The largest absolute Gasteiger partial charge is 0.497 e. The molecule has 1 aliphatic carbocycles. The second-order valence-corrected chi connectivity index (χ2v) is 6.38. The van der Waals surface area contributed by atoms with E-state index in [1.54, 1.807) is 7.11 Å².